The van der Waals surface area contributed by atoms with Crippen LogP contribution >= 0.6 is 23.1 Å². The third kappa shape index (κ3) is 5.77. The summed E-state index contributed by atoms with van der Waals surface area (Å²) < 4.78 is 13.9. The summed E-state index contributed by atoms with van der Waals surface area (Å²) in [6, 6.07) is 14.3. The molecule has 3 aromatic rings. The van der Waals surface area contributed by atoms with Crippen molar-refractivity contribution in [2.75, 3.05) is 18.1 Å². The summed E-state index contributed by atoms with van der Waals surface area (Å²) in [4.78, 5) is 14.0. The van der Waals surface area contributed by atoms with E-state index in [-0.39, 0.29) is 17.5 Å². The van der Waals surface area contributed by atoms with E-state index >= 15 is 0 Å². The number of nitrogens with one attached hydrogen (secondary N) is 1. The Kier molecular flexibility index (Phi) is 6.41. The number of thioether (sulfide) groups is 1. The van der Waals surface area contributed by atoms with Gasteiger partial charge in [0.05, 0.1) is 5.75 Å². The maximum Gasteiger partial charge on any atom is 0.233 e. The Morgan fingerprint density at radius 3 is 2.74 bits per heavy atom. The maximum atomic E-state index is 13.2. The summed E-state index contributed by atoms with van der Waals surface area (Å²) >= 11 is 2.67. The van der Waals surface area contributed by atoms with Crippen LogP contribution in [0.15, 0.2) is 52.9 Å². The zero-order valence-corrected chi connectivity index (χ0v) is 16.6. The number of anilines is 2. The van der Waals surface area contributed by atoms with Gasteiger partial charge in [0.2, 0.25) is 11.0 Å². The van der Waals surface area contributed by atoms with Crippen molar-refractivity contribution in [1.82, 2.24) is 15.1 Å². The van der Waals surface area contributed by atoms with E-state index in [1.54, 1.807) is 24.1 Å². The number of aromatic nitrogens is 2. The molecular weight excluding hydrogens is 383 g/mol. The fraction of sp³-hybridized carbons (Fsp3) is 0.211. The number of benzene rings is 2. The minimum absolute atomic E-state index is 0.0235. The van der Waals surface area contributed by atoms with Crippen molar-refractivity contribution in [3.63, 3.8) is 0 Å². The molecule has 5 nitrogen and oxygen atoms in total. The van der Waals surface area contributed by atoms with E-state index in [1.807, 2.05) is 31.2 Å². The minimum Gasteiger partial charge on any atom is -0.341 e. The summed E-state index contributed by atoms with van der Waals surface area (Å²) in [5, 5.41) is 11.7. The number of nitrogens with zero attached hydrogens (tertiary/aromatic N) is 3. The van der Waals surface area contributed by atoms with Crippen LogP contribution in [0.1, 0.15) is 11.1 Å². The van der Waals surface area contributed by atoms with Crippen LogP contribution in [0.3, 0.4) is 0 Å². The van der Waals surface area contributed by atoms with Gasteiger partial charge in [-0.2, -0.15) is 0 Å². The van der Waals surface area contributed by atoms with Crippen LogP contribution in [0.2, 0.25) is 0 Å². The molecule has 1 amide bonds. The van der Waals surface area contributed by atoms with Gasteiger partial charge in [-0.05, 0) is 30.7 Å². The van der Waals surface area contributed by atoms with Crippen LogP contribution in [-0.4, -0.2) is 33.8 Å². The first kappa shape index (κ1) is 19.3. The van der Waals surface area contributed by atoms with E-state index in [0.29, 0.717) is 21.7 Å². The van der Waals surface area contributed by atoms with Gasteiger partial charge in [0.15, 0.2) is 4.34 Å². The highest BCUT2D eigenvalue weighted by Gasteiger charge is 2.12. The minimum atomic E-state index is -0.318. The van der Waals surface area contributed by atoms with E-state index in [0.717, 1.165) is 5.56 Å². The molecule has 140 valence electrons. The van der Waals surface area contributed by atoms with Crippen molar-refractivity contribution in [1.29, 1.82) is 0 Å². The van der Waals surface area contributed by atoms with E-state index in [2.05, 4.69) is 15.5 Å². The highest BCUT2D eigenvalue weighted by atomic mass is 32.2. The third-order valence-corrected chi connectivity index (χ3v) is 5.72. The van der Waals surface area contributed by atoms with Crippen LogP contribution in [0.4, 0.5) is 15.2 Å². The Morgan fingerprint density at radius 2 is 2.00 bits per heavy atom. The average Bonchev–Trinajstić information content (AvgIpc) is 3.09. The topological polar surface area (TPSA) is 58.1 Å². The molecule has 0 aliphatic carbocycles. The Bertz CT molecular complexity index is 914. The number of rotatable bonds is 7. The van der Waals surface area contributed by atoms with Crippen LogP contribution < -0.4 is 5.32 Å². The van der Waals surface area contributed by atoms with Crippen molar-refractivity contribution in [3.05, 3.63) is 65.5 Å². The molecule has 1 heterocycles. The Morgan fingerprint density at radius 1 is 1.22 bits per heavy atom. The lowest BCUT2D eigenvalue weighted by Gasteiger charge is -2.16. The highest BCUT2D eigenvalue weighted by molar-refractivity contribution is 8.01. The van der Waals surface area contributed by atoms with E-state index < -0.39 is 0 Å². The normalized spacial score (nSPS) is 10.6. The first-order valence-corrected chi connectivity index (χ1v) is 10.1. The molecule has 0 fully saturated rings. The Balaban J connectivity index is 1.50. The predicted molar refractivity (Wildman–Crippen MR) is 108 cm³/mol. The largest absolute Gasteiger partial charge is 0.341 e. The molecule has 3 rings (SSSR count). The number of halogens is 1. The predicted octanol–water partition coefficient (Wildman–Crippen LogP) is 4.48. The monoisotopic (exact) mass is 402 g/mol. The van der Waals surface area contributed by atoms with Gasteiger partial charge in [-0.1, -0.05) is 59.0 Å². The molecule has 1 N–H and O–H groups in total. The summed E-state index contributed by atoms with van der Waals surface area (Å²) in [6.45, 7) is 2.61. The van der Waals surface area contributed by atoms with Gasteiger partial charge in [-0.25, -0.2) is 4.39 Å². The second-order valence-electron chi connectivity index (χ2n) is 6.03. The Labute approximate surface area is 165 Å². The van der Waals surface area contributed by atoms with Crippen LogP contribution in [-0.2, 0) is 11.3 Å². The highest BCUT2D eigenvalue weighted by Crippen LogP contribution is 2.28. The van der Waals surface area contributed by atoms with E-state index in [9.17, 15) is 9.18 Å². The van der Waals surface area contributed by atoms with Crippen molar-refractivity contribution >= 4 is 39.8 Å². The zero-order chi connectivity index (χ0) is 19.2. The SMILES string of the molecule is Cc1ccc(CN(C)C(=O)CSc2nnc(Nc3cccc(F)c3)s2)cc1. The molecule has 0 aliphatic rings. The summed E-state index contributed by atoms with van der Waals surface area (Å²) in [7, 11) is 1.79. The number of carbonyl (C=O) groups excluding carboxylic acids is 1. The molecule has 0 radical (unpaired) electrons. The lowest BCUT2D eigenvalue weighted by molar-refractivity contribution is -0.127. The van der Waals surface area contributed by atoms with Gasteiger partial charge < -0.3 is 10.2 Å². The Hall–Kier alpha value is -2.45. The van der Waals surface area contributed by atoms with Crippen molar-refractivity contribution in [3.8, 4) is 0 Å². The molecule has 0 unspecified atom stereocenters. The average molecular weight is 403 g/mol. The molecule has 27 heavy (non-hydrogen) atoms. The van der Waals surface area contributed by atoms with Crippen molar-refractivity contribution in [2.45, 2.75) is 17.8 Å². The fourth-order valence-electron chi connectivity index (χ4n) is 2.30. The zero-order valence-electron chi connectivity index (χ0n) is 15.0. The molecule has 0 saturated heterocycles. The maximum absolute atomic E-state index is 13.2. The molecule has 0 bridgehead atoms. The molecule has 2 aromatic carbocycles. The summed E-state index contributed by atoms with van der Waals surface area (Å²) in [5.41, 5.74) is 2.90. The molecule has 0 spiro atoms. The van der Waals surface area contributed by atoms with Gasteiger partial charge in [-0.15, -0.1) is 10.2 Å². The van der Waals surface area contributed by atoms with Crippen molar-refractivity contribution in [2.24, 2.45) is 0 Å². The number of hydrogen-bond acceptors (Lipinski definition) is 6. The van der Waals surface area contributed by atoms with E-state index in [1.165, 1.54) is 40.8 Å². The fourth-order valence-corrected chi connectivity index (χ4v) is 4.01. The van der Waals surface area contributed by atoms with Gasteiger partial charge in [0, 0.05) is 19.3 Å². The molecular formula is C19H19FN4OS2. The standard InChI is InChI=1S/C19H19FN4OS2/c1-13-6-8-14(9-7-13)11-24(2)17(25)12-26-19-23-22-18(27-19)21-16-5-3-4-15(20)10-16/h3-10H,11-12H2,1-2H3,(H,21,22). The summed E-state index contributed by atoms with van der Waals surface area (Å²) in [5.74, 6) is -0.00604. The van der Waals surface area contributed by atoms with Gasteiger partial charge in [0.25, 0.3) is 0 Å². The van der Waals surface area contributed by atoms with Crippen LogP contribution in [0, 0.1) is 12.7 Å². The smallest absolute Gasteiger partial charge is 0.233 e. The second kappa shape index (κ2) is 8.96. The lowest BCUT2D eigenvalue weighted by atomic mass is 10.1. The first-order valence-electron chi connectivity index (χ1n) is 8.28. The van der Waals surface area contributed by atoms with Gasteiger partial charge in [0.1, 0.15) is 5.82 Å². The molecule has 0 saturated carbocycles. The van der Waals surface area contributed by atoms with Gasteiger partial charge in [-0.3, -0.25) is 4.79 Å². The first-order chi connectivity index (χ1) is 13.0. The van der Waals surface area contributed by atoms with Crippen LogP contribution in [0.5, 0.6) is 0 Å². The lowest BCUT2D eigenvalue weighted by Crippen LogP contribution is -2.27. The number of aryl methyl sites for hydroxylation is 1. The molecule has 0 atom stereocenters. The number of hydrogen-bond donors (Lipinski definition) is 1. The third-order valence-electron chi connectivity index (χ3n) is 3.77. The molecule has 8 heteroatoms. The van der Waals surface area contributed by atoms with Gasteiger partial charge >= 0.3 is 0 Å². The van der Waals surface area contributed by atoms with E-state index in [4.69, 9.17) is 0 Å². The van der Waals surface area contributed by atoms with Crippen molar-refractivity contribution < 1.29 is 9.18 Å². The number of amides is 1. The second-order valence-corrected chi connectivity index (χ2v) is 8.23. The summed E-state index contributed by atoms with van der Waals surface area (Å²) in [6.07, 6.45) is 0. The molecule has 0 aliphatic heterocycles. The number of carbonyl (C=O) groups is 1. The molecule has 1 aromatic heterocycles. The van der Waals surface area contributed by atoms with Crippen LogP contribution in [0.25, 0.3) is 0 Å². The quantitative estimate of drug-likeness (QED) is 0.591.